The fraction of sp³-hybridized carbons (Fsp3) is 0.381. The predicted molar refractivity (Wildman–Crippen MR) is 96.5 cm³/mol. The van der Waals surface area contributed by atoms with Crippen molar-refractivity contribution in [1.29, 1.82) is 0 Å². The number of halogens is 4. The first-order chi connectivity index (χ1) is 13.4. The third-order valence-corrected chi connectivity index (χ3v) is 4.59. The summed E-state index contributed by atoms with van der Waals surface area (Å²) in [5.41, 5.74) is -0.468. The molecule has 1 N–H and O–H groups in total. The minimum atomic E-state index is -4.65. The lowest BCUT2D eigenvalue weighted by molar-refractivity contribution is -0.140. The molecule has 1 heterocycles. The second-order valence-electron chi connectivity index (χ2n) is 7.59. The van der Waals surface area contributed by atoms with Gasteiger partial charge in [-0.05, 0) is 50.1 Å². The van der Waals surface area contributed by atoms with Crippen molar-refractivity contribution in [3.05, 3.63) is 58.4 Å². The van der Waals surface area contributed by atoms with Gasteiger partial charge in [0.25, 0.3) is 0 Å². The van der Waals surface area contributed by atoms with E-state index >= 15 is 0 Å². The Morgan fingerprint density at radius 2 is 1.93 bits per heavy atom. The normalized spacial score (nSPS) is 15.0. The van der Waals surface area contributed by atoms with Crippen molar-refractivity contribution in [3.63, 3.8) is 0 Å². The molecule has 3 rings (SSSR count). The predicted octanol–water partition coefficient (Wildman–Crippen LogP) is 5.15. The van der Waals surface area contributed by atoms with Gasteiger partial charge in [0.2, 0.25) is 0 Å². The molecule has 0 saturated carbocycles. The van der Waals surface area contributed by atoms with Crippen molar-refractivity contribution in [2.45, 2.75) is 51.5 Å². The second kappa shape index (κ2) is 7.57. The number of fused-ring (bicyclic) bond motifs is 1. The second-order valence-corrected chi connectivity index (χ2v) is 7.59. The summed E-state index contributed by atoms with van der Waals surface area (Å²) in [5.74, 6) is -1.21. The zero-order valence-corrected chi connectivity index (χ0v) is 15.9. The molecule has 0 aliphatic carbocycles. The molecule has 156 valence electrons. The number of aryl methyl sites for hydroxylation is 1. The number of benzene rings is 2. The van der Waals surface area contributed by atoms with Crippen LogP contribution in [0.4, 0.5) is 17.6 Å². The molecule has 0 atom stereocenters. The van der Waals surface area contributed by atoms with E-state index in [4.69, 9.17) is 14.6 Å². The first-order valence-corrected chi connectivity index (χ1v) is 9.00. The molecular weight excluding hydrogens is 392 g/mol. The number of aliphatic carboxylic acids is 1. The number of ether oxygens (including phenoxy) is 2. The number of alkyl halides is 3. The van der Waals surface area contributed by atoms with E-state index < -0.39 is 35.5 Å². The quantitative estimate of drug-likeness (QED) is 0.667. The number of carboxylic acid groups (broad SMARTS) is 1. The van der Waals surface area contributed by atoms with Crippen LogP contribution in [0.25, 0.3) is 0 Å². The van der Waals surface area contributed by atoms with E-state index in [0.29, 0.717) is 23.3 Å². The highest BCUT2D eigenvalue weighted by Crippen LogP contribution is 2.39. The van der Waals surface area contributed by atoms with Gasteiger partial charge in [-0.25, -0.2) is 4.39 Å². The van der Waals surface area contributed by atoms with Crippen LogP contribution in [0.5, 0.6) is 11.5 Å². The molecular formula is C21H20F4O4. The molecule has 0 spiro atoms. The molecule has 2 aromatic carbocycles. The van der Waals surface area contributed by atoms with Gasteiger partial charge in [-0.1, -0.05) is 6.07 Å². The Morgan fingerprint density at radius 1 is 1.21 bits per heavy atom. The van der Waals surface area contributed by atoms with Gasteiger partial charge in [0.05, 0.1) is 5.56 Å². The van der Waals surface area contributed by atoms with Gasteiger partial charge in [0.1, 0.15) is 29.5 Å². The zero-order chi connectivity index (χ0) is 21.4. The molecule has 1 aliphatic rings. The molecule has 0 fully saturated rings. The van der Waals surface area contributed by atoms with Crippen molar-refractivity contribution < 1.29 is 36.9 Å². The van der Waals surface area contributed by atoms with E-state index in [0.717, 1.165) is 6.07 Å². The summed E-state index contributed by atoms with van der Waals surface area (Å²) < 4.78 is 65.3. The Labute approximate surface area is 165 Å². The number of carbonyl (C=O) groups is 1. The Bertz CT molecular complexity index is 935. The number of hydrogen-bond acceptors (Lipinski definition) is 3. The van der Waals surface area contributed by atoms with Gasteiger partial charge in [0.15, 0.2) is 0 Å². The molecule has 0 bridgehead atoms. The van der Waals surface area contributed by atoms with E-state index in [-0.39, 0.29) is 24.3 Å². The fourth-order valence-corrected chi connectivity index (χ4v) is 3.38. The SMILES string of the molecule is CC1(C)Cc2cc(F)cc(COc3ccc(CCC(=O)O)c(C(F)(F)F)c3)c2O1. The van der Waals surface area contributed by atoms with Gasteiger partial charge < -0.3 is 14.6 Å². The molecule has 0 radical (unpaired) electrons. The monoisotopic (exact) mass is 412 g/mol. The lowest BCUT2D eigenvalue weighted by Crippen LogP contribution is -2.25. The summed E-state index contributed by atoms with van der Waals surface area (Å²) in [6, 6.07) is 6.01. The smallest absolute Gasteiger partial charge is 0.416 e. The molecule has 0 amide bonds. The third-order valence-electron chi connectivity index (χ3n) is 4.59. The van der Waals surface area contributed by atoms with Crippen LogP contribution in [0.15, 0.2) is 30.3 Å². The van der Waals surface area contributed by atoms with E-state index in [1.165, 1.54) is 24.3 Å². The Morgan fingerprint density at radius 3 is 2.59 bits per heavy atom. The fourth-order valence-electron chi connectivity index (χ4n) is 3.38. The highest BCUT2D eigenvalue weighted by molar-refractivity contribution is 5.67. The molecule has 0 aromatic heterocycles. The van der Waals surface area contributed by atoms with Gasteiger partial charge >= 0.3 is 12.1 Å². The molecule has 0 unspecified atom stereocenters. The highest BCUT2D eigenvalue weighted by atomic mass is 19.4. The third kappa shape index (κ3) is 4.99. The minimum Gasteiger partial charge on any atom is -0.489 e. The van der Waals surface area contributed by atoms with Gasteiger partial charge in [0, 0.05) is 24.0 Å². The molecule has 0 saturated heterocycles. The van der Waals surface area contributed by atoms with Gasteiger partial charge in [-0.2, -0.15) is 13.2 Å². The molecule has 4 nitrogen and oxygen atoms in total. The maximum Gasteiger partial charge on any atom is 0.416 e. The topological polar surface area (TPSA) is 55.8 Å². The van der Waals surface area contributed by atoms with Crippen LogP contribution in [0, 0.1) is 5.82 Å². The Balaban J connectivity index is 1.83. The van der Waals surface area contributed by atoms with Crippen LogP contribution in [0.3, 0.4) is 0 Å². The van der Waals surface area contributed by atoms with Crippen molar-refractivity contribution in [3.8, 4) is 11.5 Å². The number of carboxylic acids is 1. The molecule has 29 heavy (non-hydrogen) atoms. The van der Waals surface area contributed by atoms with Crippen LogP contribution < -0.4 is 9.47 Å². The largest absolute Gasteiger partial charge is 0.489 e. The molecule has 8 heteroatoms. The Hall–Kier alpha value is -2.77. The summed E-state index contributed by atoms with van der Waals surface area (Å²) in [4.78, 5) is 10.7. The van der Waals surface area contributed by atoms with Crippen LogP contribution >= 0.6 is 0 Å². The van der Waals surface area contributed by atoms with E-state index in [1.54, 1.807) is 0 Å². The summed E-state index contributed by atoms with van der Waals surface area (Å²) in [5, 5.41) is 8.72. The Kier molecular flexibility index (Phi) is 5.47. The minimum absolute atomic E-state index is 0.0494. The first-order valence-electron chi connectivity index (χ1n) is 9.00. The van der Waals surface area contributed by atoms with E-state index in [2.05, 4.69) is 0 Å². The van der Waals surface area contributed by atoms with E-state index in [1.807, 2.05) is 13.8 Å². The lowest BCUT2D eigenvalue weighted by atomic mass is 10.0. The molecule has 1 aliphatic heterocycles. The van der Waals surface area contributed by atoms with Crippen molar-refractivity contribution >= 4 is 5.97 Å². The number of rotatable bonds is 6. The van der Waals surface area contributed by atoms with Crippen molar-refractivity contribution in [2.24, 2.45) is 0 Å². The average molecular weight is 412 g/mol. The maximum atomic E-state index is 13.9. The number of hydrogen-bond donors (Lipinski definition) is 1. The summed E-state index contributed by atoms with van der Waals surface area (Å²) >= 11 is 0. The van der Waals surface area contributed by atoms with Crippen molar-refractivity contribution in [2.75, 3.05) is 0 Å². The first kappa shape index (κ1) is 21.0. The standard InChI is InChI=1S/C21H20F4O4/c1-20(2)10-13-7-15(22)8-14(19(13)29-20)11-28-16-5-3-12(4-6-18(26)27)17(9-16)21(23,24)25/h3,5,7-9H,4,6,10-11H2,1-2H3,(H,26,27). The summed E-state index contributed by atoms with van der Waals surface area (Å²) in [6.07, 6.45) is -4.79. The lowest BCUT2D eigenvalue weighted by Gasteiger charge is -2.19. The molecule has 2 aromatic rings. The summed E-state index contributed by atoms with van der Waals surface area (Å²) in [7, 11) is 0. The highest BCUT2D eigenvalue weighted by Gasteiger charge is 2.34. The van der Waals surface area contributed by atoms with Crippen LogP contribution in [-0.2, 0) is 30.4 Å². The van der Waals surface area contributed by atoms with Gasteiger partial charge in [-0.15, -0.1) is 0 Å². The average Bonchev–Trinajstić information content (AvgIpc) is 2.91. The van der Waals surface area contributed by atoms with Crippen LogP contribution in [-0.4, -0.2) is 16.7 Å². The maximum absolute atomic E-state index is 13.9. The van der Waals surface area contributed by atoms with Crippen LogP contribution in [0.2, 0.25) is 0 Å². The summed E-state index contributed by atoms with van der Waals surface area (Å²) in [6.45, 7) is 3.56. The van der Waals surface area contributed by atoms with E-state index in [9.17, 15) is 22.4 Å². The van der Waals surface area contributed by atoms with Crippen molar-refractivity contribution in [1.82, 2.24) is 0 Å². The van der Waals surface area contributed by atoms with Crippen LogP contribution in [0.1, 0.15) is 42.5 Å². The zero-order valence-electron chi connectivity index (χ0n) is 15.9. The van der Waals surface area contributed by atoms with Gasteiger partial charge in [-0.3, -0.25) is 4.79 Å².